The van der Waals surface area contributed by atoms with Crippen LogP contribution >= 0.6 is 0 Å². The number of hydrazine groups is 1. The Balaban J connectivity index is 1.79. The van der Waals surface area contributed by atoms with Crippen LogP contribution in [0.3, 0.4) is 0 Å². The molecule has 1 unspecified atom stereocenters. The molecule has 0 aromatic heterocycles. The van der Waals surface area contributed by atoms with Gasteiger partial charge in [-0.1, -0.05) is 66.7 Å². The van der Waals surface area contributed by atoms with Crippen LogP contribution < -0.4 is 25.6 Å². The van der Waals surface area contributed by atoms with Crippen LogP contribution in [0.5, 0.6) is 5.75 Å². The molecule has 0 aliphatic heterocycles. The molecule has 1 atom stereocenters. The number of benzene rings is 3. The van der Waals surface area contributed by atoms with Crippen LogP contribution in [-0.4, -0.2) is 26.8 Å². The van der Waals surface area contributed by atoms with E-state index in [-0.39, 0.29) is 21.6 Å². The number of hydrogen-bond donors (Lipinski definition) is 4. The van der Waals surface area contributed by atoms with Crippen LogP contribution in [0.2, 0.25) is 0 Å². The molecule has 0 aliphatic rings. The Morgan fingerprint density at radius 3 is 2.12 bits per heavy atom. The van der Waals surface area contributed by atoms with E-state index in [0.29, 0.717) is 35.6 Å². The van der Waals surface area contributed by atoms with Crippen molar-refractivity contribution in [3.05, 3.63) is 77.9 Å². The smallest absolute Gasteiger partial charge is 0.265 e. The van der Waals surface area contributed by atoms with Gasteiger partial charge in [0.25, 0.3) is 15.9 Å². The number of anilines is 3. The van der Waals surface area contributed by atoms with Crippen LogP contribution in [0.15, 0.2) is 71.6 Å². The summed E-state index contributed by atoms with van der Waals surface area (Å²) < 4.78 is 35.1. The summed E-state index contributed by atoms with van der Waals surface area (Å²) in [5.74, 6) is 0.309. The zero-order chi connectivity index (χ0) is 31.8. The van der Waals surface area contributed by atoms with Crippen molar-refractivity contribution in [1.82, 2.24) is 5.43 Å². The highest BCUT2D eigenvalue weighted by Gasteiger charge is 2.29. The monoisotopic (exact) mass is 608 g/mol. The van der Waals surface area contributed by atoms with E-state index >= 15 is 0 Å². The van der Waals surface area contributed by atoms with E-state index in [1.807, 2.05) is 13.0 Å². The Hall–Kier alpha value is -4.05. The van der Waals surface area contributed by atoms with E-state index in [1.165, 1.54) is 17.7 Å². The molecule has 9 nitrogen and oxygen atoms in total. The lowest BCUT2D eigenvalue weighted by molar-refractivity contribution is -0.122. The minimum Gasteiger partial charge on any atom is -0.480 e. The molecule has 0 saturated carbocycles. The molecule has 0 radical (unpaired) electrons. The minimum absolute atomic E-state index is 0.00800. The lowest BCUT2D eigenvalue weighted by Crippen LogP contribution is -2.33. The minimum atomic E-state index is -3.94. The van der Waals surface area contributed by atoms with Crippen LogP contribution in [0, 0.1) is 0 Å². The SMILES string of the molecule is CCC(Oc1ccc(C(C)(C)CC)cc1C(C)(C)CC)C(=O)Nc1cccc(S(=O)(=O)Nc2ccc(NNC=O)cc2)c1. The van der Waals surface area contributed by atoms with Crippen LogP contribution in [0.1, 0.15) is 78.9 Å². The van der Waals surface area contributed by atoms with Crippen LogP contribution in [-0.2, 0) is 30.4 Å². The molecule has 4 N–H and O–H groups in total. The molecule has 3 aromatic rings. The number of ether oxygens (including phenoxy) is 1. The zero-order valence-electron chi connectivity index (χ0n) is 26.1. The average molecular weight is 609 g/mol. The predicted octanol–water partition coefficient (Wildman–Crippen LogP) is 6.73. The Labute approximate surface area is 255 Å². The number of amides is 2. The van der Waals surface area contributed by atoms with E-state index in [0.717, 1.165) is 18.4 Å². The number of nitrogens with one attached hydrogen (secondary N) is 4. The standard InChI is InChI=1S/C33H44N4O5S/c1-8-29(42-30-19-14-23(32(4,5)9-2)20-28(30)33(6,7)10-3)31(39)35-26-12-11-13-27(21-26)43(40,41)37-25-17-15-24(16-18-25)36-34-22-38/h11-22,29,36-37H,8-10H2,1-7H3,(H,34,38)(H,35,39). The number of rotatable bonds is 15. The molecular formula is C33H44N4O5S. The van der Waals surface area contributed by atoms with Crippen molar-refractivity contribution >= 4 is 39.4 Å². The first kappa shape index (κ1) is 33.5. The summed E-state index contributed by atoms with van der Waals surface area (Å²) in [6.45, 7) is 15.0. The molecule has 3 aromatic carbocycles. The third-order valence-corrected chi connectivity index (χ3v) is 9.39. The van der Waals surface area contributed by atoms with Crippen LogP contribution in [0.4, 0.5) is 17.1 Å². The molecule has 2 amide bonds. The maximum absolute atomic E-state index is 13.4. The van der Waals surface area contributed by atoms with Gasteiger partial charge in [0.15, 0.2) is 6.10 Å². The number of sulfonamides is 1. The fourth-order valence-electron chi connectivity index (χ4n) is 4.36. The Morgan fingerprint density at radius 1 is 0.860 bits per heavy atom. The lowest BCUT2D eigenvalue weighted by Gasteiger charge is -2.31. The maximum atomic E-state index is 13.4. The van der Waals surface area contributed by atoms with Crippen molar-refractivity contribution in [2.45, 2.75) is 89.6 Å². The summed E-state index contributed by atoms with van der Waals surface area (Å²) in [6.07, 6.45) is 2.03. The summed E-state index contributed by atoms with van der Waals surface area (Å²) in [5.41, 5.74) is 8.35. The quantitative estimate of drug-likeness (QED) is 0.112. The summed E-state index contributed by atoms with van der Waals surface area (Å²) >= 11 is 0. The first-order chi connectivity index (χ1) is 20.3. The summed E-state index contributed by atoms with van der Waals surface area (Å²) in [5, 5.41) is 2.83. The van der Waals surface area contributed by atoms with Crippen molar-refractivity contribution in [2.75, 3.05) is 15.5 Å². The Kier molecular flexibility index (Phi) is 10.9. The largest absolute Gasteiger partial charge is 0.480 e. The molecule has 3 rings (SSSR count). The van der Waals surface area contributed by atoms with Crippen molar-refractivity contribution in [3.63, 3.8) is 0 Å². The van der Waals surface area contributed by atoms with Gasteiger partial charge in [-0.3, -0.25) is 25.2 Å². The van der Waals surface area contributed by atoms with E-state index in [9.17, 15) is 18.0 Å². The van der Waals surface area contributed by atoms with Crippen molar-refractivity contribution in [1.29, 1.82) is 0 Å². The fourth-order valence-corrected chi connectivity index (χ4v) is 5.47. The fraction of sp³-hybridized carbons (Fsp3) is 0.394. The highest BCUT2D eigenvalue weighted by Crippen LogP contribution is 2.39. The van der Waals surface area contributed by atoms with Crippen LogP contribution in [0.25, 0.3) is 0 Å². The molecule has 0 aliphatic carbocycles. The third kappa shape index (κ3) is 8.50. The number of carbonyl (C=O) groups is 2. The van der Waals surface area contributed by atoms with E-state index in [2.05, 4.69) is 74.6 Å². The number of carbonyl (C=O) groups excluding carboxylic acids is 2. The van der Waals surface area contributed by atoms with Crippen molar-refractivity contribution in [3.8, 4) is 5.75 Å². The molecule has 0 saturated heterocycles. The molecule has 232 valence electrons. The summed E-state index contributed by atoms with van der Waals surface area (Å²) in [4.78, 5) is 23.8. The van der Waals surface area contributed by atoms with Gasteiger partial charge >= 0.3 is 0 Å². The first-order valence-corrected chi connectivity index (χ1v) is 16.0. The van der Waals surface area contributed by atoms with Gasteiger partial charge in [-0.15, -0.1) is 0 Å². The molecule has 0 fully saturated rings. The van der Waals surface area contributed by atoms with Gasteiger partial charge in [-0.25, -0.2) is 8.42 Å². The molecule has 0 spiro atoms. The zero-order valence-corrected chi connectivity index (χ0v) is 26.9. The topological polar surface area (TPSA) is 126 Å². The van der Waals surface area contributed by atoms with Gasteiger partial charge in [-0.2, -0.15) is 0 Å². The third-order valence-electron chi connectivity index (χ3n) is 8.01. The van der Waals surface area contributed by atoms with Gasteiger partial charge < -0.3 is 10.1 Å². The van der Waals surface area contributed by atoms with Crippen molar-refractivity contribution < 1.29 is 22.7 Å². The highest BCUT2D eigenvalue weighted by molar-refractivity contribution is 7.92. The normalized spacial score (nSPS) is 12.6. The van der Waals surface area contributed by atoms with Gasteiger partial charge in [-0.05, 0) is 84.2 Å². The lowest BCUT2D eigenvalue weighted by atomic mass is 9.76. The van der Waals surface area contributed by atoms with Gasteiger partial charge in [0, 0.05) is 16.9 Å². The highest BCUT2D eigenvalue weighted by atomic mass is 32.2. The molecule has 0 bridgehead atoms. The number of hydrogen-bond acceptors (Lipinski definition) is 6. The molecule has 0 heterocycles. The second kappa shape index (κ2) is 13.9. The molecular weight excluding hydrogens is 564 g/mol. The van der Waals surface area contributed by atoms with Crippen molar-refractivity contribution in [2.24, 2.45) is 0 Å². The molecule has 10 heteroatoms. The second-order valence-corrected chi connectivity index (χ2v) is 13.5. The molecule has 43 heavy (non-hydrogen) atoms. The Bertz CT molecular complexity index is 1520. The average Bonchev–Trinajstić information content (AvgIpc) is 2.99. The van der Waals surface area contributed by atoms with Gasteiger partial charge in [0.2, 0.25) is 6.41 Å². The van der Waals surface area contributed by atoms with Gasteiger partial charge in [0.05, 0.1) is 10.6 Å². The van der Waals surface area contributed by atoms with Gasteiger partial charge in [0.1, 0.15) is 5.75 Å². The predicted molar refractivity (Wildman–Crippen MR) is 173 cm³/mol. The first-order valence-electron chi connectivity index (χ1n) is 14.6. The summed E-state index contributed by atoms with van der Waals surface area (Å²) in [7, 11) is -3.94. The summed E-state index contributed by atoms with van der Waals surface area (Å²) in [6, 6.07) is 18.7. The maximum Gasteiger partial charge on any atom is 0.265 e. The van der Waals surface area contributed by atoms with E-state index in [4.69, 9.17) is 4.74 Å². The second-order valence-electron chi connectivity index (χ2n) is 11.8. The Morgan fingerprint density at radius 2 is 1.51 bits per heavy atom. The van der Waals surface area contributed by atoms with E-state index in [1.54, 1.807) is 36.4 Å². The van der Waals surface area contributed by atoms with E-state index < -0.39 is 16.1 Å².